The van der Waals surface area contributed by atoms with Crippen molar-refractivity contribution in [3.05, 3.63) is 22.7 Å². The van der Waals surface area contributed by atoms with Gasteiger partial charge in [0.2, 0.25) is 0 Å². The van der Waals surface area contributed by atoms with Crippen molar-refractivity contribution in [1.29, 1.82) is 0 Å². The number of anilines is 1. The van der Waals surface area contributed by atoms with Crippen LogP contribution in [-0.4, -0.2) is 22.1 Å². The number of nitrogens with two attached hydrogens (primary N) is 1. The molecule has 1 saturated carbocycles. The van der Waals surface area contributed by atoms with Crippen LogP contribution in [0, 0.1) is 5.92 Å². The lowest BCUT2D eigenvalue weighted by Gasteiger charge is -2.17. The van der Waals surface area contributed by atoms with Crippen LogP contribution >= 0.6 is 0 Å². The number of hydrogen-bond acceptors (Lipinski definition) is 4. The van der Waals surface area contributed by atoms with Crippen LogP contribution in [0.15, 0.2) is 17.2 Å². The van der Waals surface area contributed by atoms with Crippen LogP contribution in [0.25, 0.3) is 0 Å². The second-order valence-electron chi connectivity index (χ2n) is 4.91. The molecule has 5 heteroatoms. The standard InChI is InChI=1S/C12H20N4O/c1-8(2)16-6-5-14-11(12(16)17)15-10(7-13)9-3-4-9/h5-6,8-10H,3-4,7,13H2,1-2H3,(H,14,15). The molecule has 0 aliphatic heterocycles. The van der Waals surface area contributed by atoms with Gasteiger partial charge in [-0.2, -0.15) is 0 Å². The summed E-state index contributed by atoms with van der Waals surface area (Å²) in [5, 5.41) is 3.18. The van der Waals surface area contributed by atoms with Gasteiger partial charge in [-0.25, -0.2) is 4.98 Å². The summed E-state index contributed by atoms with van der Waals surface area (Å²) in [6.07, 6.45) is 5.76. The fourth-order valence-corrected chi connectivity index (χ4v) is 1.97. The molecule has 0 saturated heterocycles. The molecule has 1 aromatic rings. The van der Waals surface area contributed by atoms with Crippen LogP contribution in [0.1, 0.15) is 32.7 Å². The molecule has 0 bridgehead atoms. The molecule has 1 aliphatic carbocycles. The first-order valence-electron chi connectivity index (χ1n) is 6.17. The Morgan fingerprint density at radius 3 is 2.82 bits per heavy atom. The van der Waals surface area contributed by atoms with Crippen molar-refractivity contribution in [2.24, 2.45) is 11.7 Å². The lowest BCUT2D eigenvalue weighted by Crippen LogP contribution is -2.35. The van der Waals surface area contributed by atoms with Gasteiger partial charge in [-0.1, -0.05) is 0 Å². The summed E-state index contributed by atoms with van der Waals surface area (Å²) in [5.74, 6) is 1.03. The van der Waals surface area contributed by atoms with E-state index in [0.29, 0.717) is 18.3 Å². The van der Waals surface area contributed by atoms with Crippen LogP contribution in [0.3, 0.4) is 0 Å². The smallest absolute Gasteiger partial charge is 0.293 e. The maximum absolute atomic E-state index is 12.1. The zero-order valence-corrected chi connectivity index (χ0v) is 10.4. The molecular formula is C12H20N4O. The monoisotopic (exact) mass is 236 g/mol. The fourth-order valence-electron chi connectivity index (χ4n) is 1.97. The third-order valence-electron chi connectivity index (χ3n) is 3.19. The third kappa shape index (κ3) is 2.66. The van der Waals surface area contributed by atoms with Gasteiger partial charge in [0, 0.05) is 31.0 Å². The Morgan fingerprint density at radius 1 is 1.59 bits per heavy atom. The highest BCUT2D eigenvalue weighted by atomic mass is 16.1. The summed E-state index contributed by atoms with van der Waals surface area (Å²) in [4.78, 5) is 16.2. The van der Waals surface area contributed by atoms with Crippen molar-refractivity contribution >= 4 is 5.82 Å². The Bertz CT molecular complexity index is 436. The first-order valence-corrected chi connectivity index (χ1v) is 6.17. The number of nitrogens with one attached hydrogen (secondary N) is 1. The van der Waals surface area contributed by atoms with E-state index in [1.54, 1.807) is 17.0 Å². The van der Waals surface area contributed by atoms with Gasteiger partial charge in [-0.15, -0.1) is 0 Å². The Morgan fingerprint density at radius 2 is 2.29 bits per heavy atom. The van der Waals surface area contributed by atoms with Crippen molar-refractivity contribution in [1.82, 2.24) is 9.55 Å². The molecule has 1 atom stereocenters. The van der Waals surface area contributed by atoms with Crippen LogP contribution < -0.4 is 16.6 Å². The SMILES string of the molecule is CC(C)n1ccnc(NC(CN)C2CC2)c1=O. The second kappa shape index (κ2) is 4.87. The predicted molar refractivity (Wildman–Crippen MR) is 68.1 cm³/mol. The highest BCUT2D eigenvalue weighted by molar-refractivity contribution is 5.33. The molecule has 94 valence electrons. The first-order chi connectivity index (χ1) is 8.13. The Balaban J connectivity index is 2.20. The Labute approximate surface area is 101 Å². The van der Waals surface area contributed by atoms with E-state index in [9.17, 15) is 4.79 Å². The average molecular weight is 236 g/mol. The minimum atomic E-state index is -0.0680. The summed E-state index contributed by atoms with van der Waals surface area (Å²) < 4.78 is 1.68. The van der Waals surface area contributed by atoms with Crippen LogP contribution in [-0.2, 0) is 0 Å². The van der Waals surface area contributed by atoms with E-state index in [1.165, 1.54) is 12.8 Å². The summed E-state index contributed by atoms with van der Waals surface area (Å²) in [6, 6.07) is 0.321. The Kier molecular flexibility index (Phi) is 3.47. The molecule has 2 rings (SSSR count). The predicted octanol–water partition coefficient (Wildman–Crippen LogP) is 0.973. The summed E-state index contributed by atoms with van der Waals surface area (Å²) in [7, 11) is 0. The normalized spacial score (nSPS) is 17.2. The topological polar surface area (TPSA) is 72.9 Å². The summed E-state index contributed by atoms with van der Waals surface area (Å²) in [6.45, 7) is 4.50. The number of rotatable bonds is 5. The maximum atomic E-state index is 12.1. The van der Waals surface area contributed by atoms with Crippen LogP contribution in [0.5, 0.6) is 0 Å². The van der Waals surface area contributed by atoms with Crippen LogP contribution in [0.4, 0.5) is 5.82 Å². The number of aromatic nitrogens is 2. The van der Waals surface area contributed by atoms with Crippen molar-refractivity contribution in [2.75, 3.05) is 11.9 Å². The van der Waals surface area contributed by atoms with E-state index < -0.39 is 0 Å². The minimum absolute atomic E-state index is 0.0680. The van der Waals surface area contributed by atoms with Crippen molar-refractivity contribution in [3.63, 3.8) is 0 Å². The van der Waals surface area contributed by atoms with E-state index in [4.69, 9.17) is 5.73 Å². The van der Waals surface area contributed by atoms with Gasteiger partial charge in [0.05, 0.1) is 0 Å². The molecule has 1 unspecified atom stereocenters. The minimum Gasteiger partial charge on any atom is -0.361 e. The molecule has 1 aromatic heterocycles. The van der Waals surface area contributed by atoms with E-state index in [-0.39, 0.29) is 17.6 Å². The van der Waals surface area contributed by atoms with Gasteiger partial charge in [0.1, 0.15) is 0 Å². The Hall–Kier alpha value is -1.36. The quantitative estimate of drug-likeness (QED) is 0.799. The molecule has 5 nitrogen and oxygen atoms in total. The molecule has 17 heavy (non-hydrogen) atoms. The highest BCUT2D eigenvalue weighted by Gasteiger charge is 2.30. The van der Waals surface area contributed by atoms with Crippen molar-refractivity contribution in [2.45, 2.75) is 38.8 Å². The van der Waals surface area contributed by atoms with E-state index in [1.807, 2.05) is 13.8 Å². The average Bonchev–Trinajstić information content (AvgIpc) is 3.11. The number of nitrogens with zero attached hydrogens (tertiary/aromatic N) is 2. The van der Waals surface area contributed by atoms with Crippen molar-refractivity contribution in [3.8, 4) is 0 Å². The molecule has 0 spiro atoms. The van der Waals surface area contributed by atoms with Gasteiger partial charge < -0.3 is 15.6 Å². The van der Waals surface area contributed by atoms with E-state index in [2.05, 4.69) is 10.3 Å². The molecule has 3 N–H and O–H groups in total. The lowest BCUT2D eigenvalue weighted by atomic mass is 10.2. The third-order valence-corrected chi connectivity index (χ3v) is 3.19. The molecule has 1 heterocycles. The van der Waals surface area contributed by atoms with E-state index >= 15 is 0 Å². The molecule has 0 amide bonds. The summed E-state index contributed by atoms with van der Waals surface area (Å²) in [5.41, 5.74) is 5.64. The van der Waals surface area contributed by atoms with Crippen LogP contribution in [0.2, 0.25) is 0 Å². The fraction of sp³-hybridized carbons (Fsp3) is 0.667. The zero-order valence-electron chi connectivity index (χ0n) is 10.4. The van der Waals surface area contributed by atoms with Gasteiger partial charge in [0.15, 0.2) is 5.82 Å². The highest BCUT2D eigenvalue weighted by Crippen LogP contribution is 2.33. The number of hydrogen-bond donors (Lipinski definition) is 2. The largest absolute Gasteiger partial charge is 0.361 e. The van der Waals surface area contributed by atoms with Crippen molar-refractivity contribution < 1.29 is 0 Å². The van der Waals surface area contributed by atoms with E-state index in [0.717, 1.165) is 0 Å². The summed E-state index contributed by atoms with van der Waals surface area (Å²) >= 11 is 0. The lowest BCUT2D eigenvalue weighted by molar-refractivity contribution is 0.570. The second-order valence-corrected chi connectivity index (χ2v) is 4.91. The molecule has 1 fully saturated rings. The maximum Gasteiger partial charge on any atom is 0.293 e. The molecule has 0 aromatic carbocycles. The zero-order chi connectivity index (χ0) is 12.4. The van der Waals surface area contributed by atoms with Gasteiger partial charge >= 0.3 is 0 Å². The molecule has 1 aliphatic rings. The van der Waals surface area contributed by atoms with Gasteiger partial charge in [0.25, 0.3) is 5.56 Å². The molecule has 0 radical (unpaired) electrons. The molecular weight excluding hydrogens is 216 g/mol. The van der Waals surface area contributed by atoms with Gasteiger partial charge in [-0.3, -0.25) is 4.79 Å². The van der Waals surface area contributed by atoms with Gasteiger partial charge in [-0.05, 0) is 32.6 Å². The first kappa shape index (κ1) is 12.1.